The summed E-state index contributed by atoms with van der Waals surface area (Å²) < 4.78 is 0. The van der Waals surface area contributed by atoms with Gasteiger partial charge in [0.25, 0.3) is 0 Å². The SMILES string of the molecule is CSCCC(=O)NCC1(CCl)CC1. The number of carbonyl (C=O) groups excluding carboxylic acids is 1. The first-order chi connectivity index (χ1) is 6.22. The molecule has 0 atom stereocenters. The van der Waals surface area contributed by atoms with Crippen LogP contribution in [-0.2, 0) is 4.79 Å². The molecule has 0 heterocycles. The molecule has 76 valence electrons. The van der Waals surface area contributed by atoms with E-state index in [1.165, 1.54) is 12.8 Å². The van der Waals surface area contributed by atoms with Gasteiger partial charge in [-0.25, -0.2) is 0 Å². The largest absolute Gasteiger partial charge is 0.355 e. The Labute approximate surface area is 88.8 Å². The van der Waals surface area contributed by atoms with Crippen LogP contribution in [0.2, 0.25) is 0 Å². The van der Waals surface area contributed by atoms with E-state index in [1.807, 2.05) is 6.26 Å². The number of carbonyl (C=O) groups is 1. The average Bonchev–Trinajstić information content (AvgIpc) is 2.92. The summed E-state index contributed by atoms with van der Waals surface area (Å²) in [5, 5.41) is 2.93. The van der Waals surface area contributed by atoms with Crippen LogP contribution in [0.3, 0.4) is 0 Å². The molecule has 0 aliphatic heterocycles. The van der Waals surface area contributed by atoms with Crippen LogP contribution < -0.4 is 5.32 Å². The number of thioether (sulfide) groups is 1. The van der Waals surface area contributed by atoms with E-state index in [0.29, 0.717) is 12.3 Å². The summed E-state index contributed by atoms with van der Waals surface area (Å²) in [6, 6.07) is 0. The fourth-order valence-corrected chi connectivity index (χ4v) is 1.85. The monoisotopic (exact) mass is 221 g/mol. The van der Waals surface area contributed by atoms with Gasteiger partial charge in [0.2, 0.25) is 5.91 Å². The second-order valence-electron chi connectivity index (χ2n) is 3.65. The number of hydrogen-bond acceptors (Lipinski definition) is 2. The van der Waals surface area contributed by atoms with Crippen molar-refractivity contribution in [2.24, 2.45) is 5.41 Å². The average molecular weight is 222 g/mol. The standard InChI is InChI=1S/C9H16ClNOS/c1-13-5-2-8(12)11-7-9(6-10)3-4-9/h2-7H2,1H3,(H,11,12). The molecule has 13 heavy (non-hydrogen) atoms. The Morgan fingerprint density at radius 1 is 1.62 bits per heavy atom. The zero-order chi connectivity index (χ0) is 9.73. The van der Waals surface area contributed by atoms with Gasteiger partial charge in [-0.3, -0.25) is 4.79 Å². The van der Waals surface area contributed by atoms with E-state index in [9.17, 15) is 4.79 Å². The van der Waals surface area contributed by atoms with Crippen LogP contribution in [0, 0.1) is 5.41 Å². The highest BCUT2D eigenvalue weighted by atomic mass is 35.5. The van der Waals surface area contributed by atoms with Crippen molar-refractivity contribution < 1.29 is 4.79 Å². The van der Waals surface area contributed by atoms with E-state index in [2.05, 4.69) is 5.32 Å². The predicted octanol–water partition coefficient (Wildman–Crippen LogP) is 1.87. The number of nitrogens with one attached hydrogen (secondary N) is 1. The summed E-state index contributed by atoms with van der Waals surface area (Å²) in [7, 11) is 0. The minimum atomic E-state index is 0.158. The quantitative estimate of drug-likeness (QED) is 0.694. The number of rotatable bonds is 6. The van der Waals surface area contributed by atoms with Crippen LogP contribution in [0.1, 0.15) is 19.3 Å². The lowest BCUT2D eigenvalue weighted by atomic mass is 10.1. The molecule has 0 radical (unpaired) electrons. The lowest BCUT2D eigenvalue weighted by Gasteiger charge is -2.11. The topological polar surface area (TPSA) is 29.1 Å². The molecule has 0 unspecified atom stereocenters. The van der Waals surface area contributed by atoms with Crippen molar-refractivity contribution in [2.75, 3.05) is 24.4 Å². The predicted molar refractivity (Wildman–Crippen MR) is 58.4 cm³/mol. The summed E-state index contributed by atoms with van der Waals surface area (Å²) >= 11 is 7.49. The van der Waals surface area contributed by atoms with Gasteiger partial charge in [-0.1, -0.05) is 0 Å². The van der Waals surface area contributed by atoms with Crippen LogP contribution in [0.4, 0.5) is 0 Å². The van der Waals surface area contributed by atoms with E-state index < -0.39 is 0 Å². The molecule has 0 aromatic rings. The van der Waals surface area contributed by atoms with Gasteiger partial charge in [-0.2, -0.15) is 11.8 Å². The van der Waals surface area contributed by atoms with E-state index in [4.69, 9.17) is 11.6 Å². The maximum absolute atomic E-state index is 11.2. The fourth-order valence-electron chi connectivity index (χ4n) is 1.10. The Kier molecular flexibility index (Phi) is 4.39. The van der Waals surface area contributed by atoms with E-state index in [0.717, 1.165) is 12.3 Å². The first kappa shape index (κ1) is 11.2. The molecule has 0 bridgehead atoms. The van der Waals surface area contributed by atoms with Crippen LogP contribution in [0.25, 0.3) is 0 Å². The molecule has 0 spiro atoms. The fraction of sp³-hybridized carbons (Fsp3) is 0.889. The van der Waals surface area contributed by atoms with Crippen LogP contribution in [0.15, 0.2) is 0 Å². The van der Waals surface area contributed by atoms with Crippen molar-refractivity contribution in [1.82, 2.24) is 5.32 Å². The molecule has 1 fully saturated rings. The van der Waals surface area contributed by atoms with Gasteiger partial charge < -0.3 is 5.32 Å². The number of amides is 1. The van der Waals surface area contributed by atoms with Crippen molar-refractivity contribution in [3.8, 4) is 0 Å². The normalized spacial score (nSPS) is 18.3. The summed E-state index contributed by atoms with van der Waals surface area (Å²) in [6.45, 7) is 0.768. The minimum Gasteiger partial charge on any atom is -0.355 e. The molecule has 2 nitrogen and oxygen atoms in total. The van der Waals surface area contributed by atoms with Crippen LogP contribution >= 0.6 is 23.4 Å². The van der Waals surface area contributed by atoms with E-state index in [-0.39, 0.29) is 11.3 Å². The maximum Gasteiger partial charge on any atom is 0.220 e. The number of halogens is 1. The lowest BCUT2D eigenvalue weighted by Crippen LogP contribution is -2.31. The molecule has 1 N–H and O–H groups in total. The Morgan fingerprint density at radius 2 is 2.31 bits per heavy atom. The number of hydrogen-bond donors (Lipinski definition) is 1. The third-order valence-corrected chi connectivity index (χ3v) is 3.61. The summed E-state index contributed by atoms with van der Waals surface area (Å²) in [5.41, 5.74) is 0.247. The molecule has 0 saturated heterocycles. The lowest BCUT2D eigenvalue weighted by molar-refractivity contribution is -0.120. The zero-order valence-corrected chi connectivity index (χ0v) is 9.51. The molecular formula is C9H16ClNOS. The summed E-state index contributed by atoms with van der Waals surface area (Å²) in [6.07, 6.45) is 4.96. The van der Waals surface area contributed by atoms with Gasteiger partial charge in [0.15, 0.2) is 0 Å². The molecule has 1 aliphatic rings. The molecule has 0 aromatic heterocycles. The Morgan fingerprint density at radius 3 is 2.77 bits per heavy atom. The second kappa shape index (κ2) is 5.11. The third-order valence-electron chi connectivity index (χ3n) is 2.43. The van der Waals surface area contributed by atoms with E-state index in [1.54, 1.807) is 11.8 Å². The zero-order valence-electron chi connectivity index (χ0n) is 7.94. The smallest absolute Gasteiger partial charge is 0.220 e. The van der Waals surface area contributed by atoms with Gasteiger partial charge in [0, 0.05) is 30.0 Å². The third kappa shape index (κ3) is 3.77. The molecule has 1 aliphatic carbocycles. The van der Waals surface area contributed by atoms with Gasteiger partial charge in [0.1, 0.15) is 0 Å². The molecule has 0 aromatic carbocycles. The van der Waals surface area contributed by atoms with Gasteiger partial charge >= 0.3 is 0 Å². The Hall–Kier alpha value is 0.110. The van der Waals surface area contributed by atoms with Crippen molar-refractivity contribution in [3.63, 3.8) is 0 Å². The van der Waals surface area contributed by atoms with Crippen LogP contribution in [-0.4, -0.2) is 30.3 Å². The molecule has 1 rings (SSSR count). The Bertz CT molecular complexity index is 182. The van der Waals surface area contributed by atoms with Crippen molar-refractivity contribution in [2.45, 2.75) is 19.3 Å². The summed E-state index contributed by atoms with van der Waals surface area (Å²) in [4.78, 5) is 11.2. The van der Waals surface area contributed by atoms with Crippen molar-refractivity contribution in [1.29, 1.82) is 0 Å². The highest BCUT2D eigenvalue weighted by molar-refractivity contribution is 7.98. The second-order valence-corrected chi connectivity index (χ2v) is 4.91. The molecule has 1 amide bonds. The van der Waals surface area contributed by atoms with Crippen molar-refractivity contribution in [3.05, 3.63) is 0 Å². The molecular weight excluding hydrogens is 206 g/mol. The first-order valence-corrected chi connectivity index (χ1v) is 6.47. The highest BCUT2D eigenvalue weighted by Crippen LogP contribution is 2.45. The van der Waals surface area contributed by atoms with E-state index >= 15 is 0 Å². The maximum atomic E-state index is 11.2. The van der Waals surface area contributed by atoms with Crippen LogP contribution in [0.5, 0.6) is 0 Å². The van der Waals surface area contributed by atoms with Gasteiger partial charge in [-0.15, -0.1) is 11.6 Å². The highest BCUT2D eigenvalue weighted by Gasteiger charge is 2.41. The minimum absolute atomic E-state index is 0.158. The Balaban J connectivity index is 2.08. The van der Waals surface area contributed by atoms with Gasteiger partial charge in [-0.05, 0) is 19.1 Å². The molecule has 4 heteroatoms. The molecule has 1 saturated carbocycles. The summed E-state index contributed by atoms with van der Waals surface area (Å²) in [5.74, 6) is 1.74. The van der Waals surface area contributed by atoms with Crippen molar-refractivity contribution >= 4 is 29.3 Å². The first-order valence-electron chi connectivity index (χ1n) is 4.54. The number of alkyl halides is 1. The van der Waals surface area contributed by atoms with Gasteiger partial charge in [0.05, 0.1) is 0 Å².